The van der Waals surface area contributed by atoms with E-state index in [1.807, 2.05) is 5.32 Å². The van der Waals surface area contributed by atoms with Gasteiger partial charge in [0.05, 0.1) is 0 Å². The molecule has 10 heavy (non-hydrogen) atoms. The summed E-state index contributed by atoms with van der Waals surface area (Å²) < 4.78 is 0. The van der Waals surface area contributed by atoms with Crippen molar-refractivity contribution in [2.24, 2.45) is 5.73 Å². The largest absolute Gasteiger partial charge is 0.365 e. The van der Waals surface area contributed by atoms with Crippen molar-refractivity contribution in [1.82, 2.24) is 5.32 Å². The zero-order valence-corrected chi connectivity index (χ0v) is 4.88. The molecule has 1 rings (SSSR count). The predicted octanol–water partition coefficient (Wildman–Crippen LogP) is -1.95. The van der Waals surface area contributed by atoms with Crippen LogP contribution in [0.4, 0.5) is 0 Å². The zero-order valence-electron chi connectivity index (χ0n) is 4.88. The third kappa shape index (κ3) is 0.883. The summed E-state index contributed by atoms with van der Waals surface area (Å²) in [6.07, 6.45) is 0.880. The van der Waals surface area contributed by atoms with Gasteiger partial charge in [-0.15, -0.1) is 0 Å². The third-order valence-corrected chi connectivity index (χ3v) is 1.02. The van der Waals surface area contributed by atoms with Crippen LogP contribution in [-0.2, 0) is 14.4 Å². The first-order valence-electron chi connectivity index (χ1n) is 2.48. The Hall–Kier alpha value is -1.65. The molecule has 0 unspecified atom stereocenters. The number of amides is 3. The van der Waals surface area contributed by atoms with E-state index >= 15 is 0 Å². The van der Waals surface area contributed by atoms with Crippen LogP contribution < -0.4 is 11.1 Å². The Labute approximate surface area is 55.9 Å². The van der Waals surface area contributed by atoms with Gasteiger partial charge in [0.2, 0.25) is 0 Å². The molecule has 1 heterocycles. The first-order valence-corrected chi connectivity index (χ1v) is 2.48. The highest BCUT2D eigenvalue weighted by Gasteiger charge is 2.24. The van der Waals surface area contributed by atoms with Gasteiger partial charge in [-0.25, -0.2) is 0 Å². The molecule has 0 saturated heterocycles. The quantitative estimate of drug-likeness (QED) is 0.328. The Kier molecular flexibility index (Phi) is 1.26. The number of nitrogens with two attached hydrogens (primary N) is 1. The van der Waals surface area contributed by atoms with Crippen LogP contribution in [0.15, 0.2) is 11.6 Å². The number of carbonyl (C=O) groups is 3. The minimum atomic E-state index is -0.886. The van der Waals surface area contributed by atoms with Crippen LogP contribution >= 0.6 is 0 Å². The Balaban J connectivity index is 2.96. The van der Waals surface area contributed by atoms with Gasteiger partial charge in [0.1, 0.15) is 5.57 Å². The molecule has 3 amide bonds. The molecular formula is C5H4N2O3. The van der Waals surface area contributed by atoms with Crippen LogP contribution in [0.5, 0.6) is 0 Å². The number of hydrogen-bond donors (Lipinski definition) is 2. The average molecular weight is 140 g/mol. The lowest BCUT2D eigenvalue weighted by Crippen LogP contribution is -2.26. The highest BCUT2D eigenvalue weighted by molar-refractivity contribution is 6.29. The smallest absolute Gasteiger partial charge is 0.263 e. The summed E-state index contributed by atoms with van der Waals surface area (Å²) in [6.45, 7) is 0. The van der Waals surface area contributed by atoms with Crippen LogP contribution in [0.25, 0.3) is 0 Å². The number of rotatable bonds is 1. The standard InChI is InChI=1S/C5H4N2O3/c6-4(9)2-1-3(8)7-5(2)10/h1H,(H2,6,9)(H,7,8,10). The number of imide groups is 1. The maximum atomic E-state index is 10.5. The predicted molar refractivity (Wildman–Crippen MR) is 30.4 cm³/mol. The first kappa shape index (κ1) is 6.47. The molecule has 0 radical (unpaired) electrons. The average Bonchev–Trinajstić information content (AvgIpc) is 2.10. The van der Waals surface area contributed by atoms with Crippen molar-refractivity contribution in [2.45, 2.75) is 0 Å². The minimum Gasteiger partial charge on any atom is -0.365 e. The maximum Gasteiger partial charge on any atom is 0.263 e. The van der Waals surface area contributed by atoms with Crippen LogP contribution in [0.1, 0.15) is 0 Å². The van der Waals surface area contributed by atoms with Crippen molar-refractivity contribution in [3.8, 4) is 0 Å². The number of nitrogens with one attached hydrogen (secondary N) is 1. The summed E-state index contributed by atoms with van der Waals surface area (Å²) in [5, 5.41) is 1.88. The first-order chi connectivity index (χ1) is 4.61. The highest BCUT2D eigenvalue weighted by Crippen LogP contribution is 1.99. The molecule has 0 aromatic heterocycles. The Bertz CT molecular complexity index is 254. The van der Waals surface area contributed by atoms with E-state index in [2.05, 4.69) is 0 Å². The van der Waals surface area contributed by atoms with E-state index < -0.39 is 17.7 Å². The molecule has 52 valence electrons. The molecule has 3 N–H and O–H groups in total. The van der Waals surface area contributed by atoms with Crippen molar-refractivity contribution in [1.29, 1.82) is 0 Å². The molecule has 5 nitrogen and oxygen atoms in total. The van der Waals surface area contributed by atoms with E-state index in [0.717, 1.165) is 6.08 Å². The van der Waals surface area contributed by atoms with Crippen molar-refractivity contribution in [3.05, 3.63) is 11.6 Å². The lowest BCUT2D eigenvalue weighted by atomic mass is 10.3. The molecule has 0 aromatic rings. The Morgan fingerprint density at radius 2 is 2.10 bits per heavy atom. The number of primary amides is 1. The fourth-order valence-electron chi connectivity index (χ4n) is 0.595. The van der Waals surface area contributed by atoms with Gasteiger partial charge in [0.15, 0.2) is 0 Å². The van der Waals surface area contributed by atoms with Crippen molar-refractivity contribution < 1.29 is 14.4 Å². The van der Waals surface area contributed by atoms with E-state index in [-0.39, 0.29) is 5.57 Å². The molecule has 0 aromatic carbocycles. The Morgan fingerprint density at radius 3 is 2.30 bits per heavy atom. The number of carbonyl (C=O) groups excluding carboxylic acids is 3. The molecule has 0 bridgehead atoms. The third-order valence-electron chi connectivity index (χ3n) is 1.02. The summed E-state index contributed by atoms with van der Waals surface area (Å²) in [4.78, 5) is 31.2. The zero-order chi connectivity index (χ0) is 7.72. The van der Waals surface area contributed by atoms with Crippen LogP contribution in [0, 0.1) is 0 Å². The fraction of sp³-hybridized carbons (Fsp3) is 0. The van der Waals surface area contributed by atoms with Crippen molar-refractivity contribution in [2.75, 3.05) is 0 Å². The minimum absolute atomic E-state index is 0.287. The van der Waals surface area contributed by atoms with Crippen LogP contribution in [0.2, 0.25) is 0 Å². The van der Waals surface area contributed by atoms with Gasteiger partial charge in [0, 0.05) is 6.08 Å². The molecule has 0 fully saturated rings. The van der Waals surface area contributed by atoms with E-state index in [1.54, 1.807) is 0 Å². The van der Waals surface area contributed by atoms with Gasteiger partial charge >= 0.3 is 0 Å². The van der Waals surface area contributed by atoms with E-state index in [0.29, 0.717) is 0 Å². The number of hydrogen-bond acceptors (Lipinski definition) is 3. The summed E-state index contributed by atoms with van der Waals surface area (Å²) >= 11 is 0. The summed E-state index contributed by atoms with van der Waals surface area (Å²) in [5.74, 6) is -2.21. The molecular weight excluding hydrogens is 136 g/mol. The molecule has 0 atom stereocenters. The van der Waals surface area contributed by atoms with Crippen molar-refractivity contribution >= 4 is 17.7 Å². The second kappa shape index (κ2) is 1.94. The van der Waals surface area contributed by atoms with Gasteiger partial charge in [-0.3, -0.25) is 19.7 Å². The molecule has 0 saturated carbocycles. The molecule has 1 aliphatic heterocycles. The van der Waals surface area contributed by atoms with E-state index in [4.69, 9.17) is 5.73 Å². The van der Waals surface area contributed by atoms with Gasteiger partial charge < -0.3 is 5.73 Å². The van der Waals surface area contributed by atoms with Gasteiger partial charge in [0.25, 0.3) is 17.7 Å². The molecule has 0 aliphatic carbocycles. The maximum absolute atomic E-state index is 10.5. The summed E-state index contributed by atoms with van der Waals surface area (Å²) in [5.41, 5.74) is 4.44. The van der Waals surface area contributed by atoms with E-state index in [9.17, 15) is 14.4 Å². The monoisotopic (exact) mass is 140 g/mol. The topological polar surface area (TPSA) is 89.3 Å². The molecule has 5 heteroatoms. The molecule has 0 spiro atoms. The van der Waals surface area contributed by atoms with Crippen LogP contribution in [-0.4, -0.2) is 17.7 Å². The summed E-state index contributed by atoms with van der Waals surface area (Å²) in [6, 6.07) is 0. The van der Waals surface area contributed by atoms with Gasteiger partial charge in [-0.2, -0.15) is 0 Å². The van der Waals surface area contributed by atoms with Gasteiger partial charge in [-0.05, 0) is 0 Å². The normalized spacial score (nSPS) is 16.6. The van der Waals surface area contributed by atoms with Crippen LogP contribution in [0.3, 0.4) is 0 Å². The summed E-state index contributed by atoms with van der Waals surface area (Å²) in [7, 11) is 0. The van der Waals surface area contributed by atoms with Crippen molar-refractivity contribution in [3.63, 3.8) is 0 Å². The second-order valence-electron chi connectivity index (χ2n) is 1.74. The molecule has 1 aliphatic rings. The Morgan fingerprint density at radius 1 is 1.50 bits per heavy atom. The highest BCUT2D eigenvalue weighted by atomic mass is 16.2. The lowest BCUT2D eigenvalue weighted by Gasteiger charge is -1.89. The lowest BCUT2D eigenvalue weighted by molar-refractivity contribution is -0.124. The SMILES string of the molecule is NC(=O)C1=CC(=O)NC1=O. The van der Waals surface area contributed by atoms with E-state index in [1.165, 1.54) is 0 Å². The fourth-order valence-corrected chi connectivity index (χ4v) is 0.595. The second-order valence-corrected chi connectivity index (χ2v) is 1.74. The van der Waals surface area contributed by atoms with Gasteiger partial charge in [-0.1, -0.05) is 0 Å².